The molecule has 3 nitrogen and oxygen atoms in total. The van der Waals surface area contributed by atoms with Crippen molar-refractivity contribution in [3.05, 3.63) is 0 Å². The van der Waals surface area contributed by atoms with Crippen LogP contribution in [0.2, 0.25) is 0 Å². The molecule has 2 rings (SSSR count). The molecule has 0 bridgehead atoms. The van der Waals surface area contributed by atoms with E-state index in [1.807, 2.05) is 0 Å². The van der Waals surface area contributed by atoms with Crippen LogP contribution in [0.3, 0.4) is 0 Å². The molecule has 0 spiro atoms. The van der Waals surface area contributed by atoms with Crippen LogP contribution < -0.4 is 10.6 Å². The summed E-state index contributed by atoms with van der Waals surface area (Å²) in [7, 11) is 0. The van der Waals surface area contributed by atoms with Crippen molar-refractivity contribution in [1.82, 2.24) is 15.5 Å². The van der Waals surface area contributed by atoms with Gasteiger partial charge in [-0.05, 0) is 38.9 Å². The molecule has 15 heavy (non-hydrogen) atoms. The smallest absolute Gasteiger partial charge is 0.0319 e. The van der Waals surface area contributed by atoms with Crippen molar-refractivity contribution in [2.75, 3.05) is 32.7 Å². The molecule has 3 heteroatoms. The lowest BCUT2D eigenvalue weighted by molar-refractivity contribution is 0.180. The molecular formula is C12H25N3. The second-order valence-corrected chi connectivity index (χ2v) is 4.99. The topological polar surface area (TPSA) is 27.3 Å². The molecule has 0 aromatic rings. The molecule has 0 aromatic heterocycles. The first kappa shape index (κ1) is 11.4. The Bertz CT molecular complexity index is 172. The fourth-order valence-electron chi connectivity index (χ4n) is 2.44. The van der Waals surface area contributed by atoms with Crippen LogP contribution in [0, 0.1) is 0 Å². The number of nitrogens with one attached hydrogen (secondary N) is 2. The highest BCUT2D eigenvalue weighted by atomic mass is 15.2. The van der Waals surface area contributed by atoms with E-state index in [9.17, 15) is 0 Å². The van der Waals surface area contributed by atoms with E-state index in [2.05, 4.69) is 22.5 Å². The molecular weight excluding hydrogens is 186 g/mol. The molecule has 2 aliphatic rings. The van der Waals surface area contributed by atoms with Gasteiger partial charge in [0, 0.05) is 25.2 Å². The largest absolute Gasteiger partial charge is 0.314 e. The highest BCUT2D eigenvalue weighted by Crippen LogP contribution is 2.12. The minimum absolute atomic E-state index is 0.761. The third-order valence-corrected chi connectivity index (χ3v) is 3.67. The Morgan fingerprint density at radius 1 is 1.20 bits per heavy atom. The van der Waals surface area contributed by atoms with E-state index in [1.165, 1.54) is 58.4 Å². The highest BCUT2D eigenvalue weighted by Gasteiger charge is 2.23. The molecule has 0 saturated carbocycles. The minimum Gasteiger partial charge on any atom is -0.314 e. The zero-order valence-corrected chi connectivity index (χ0v) is 9.97. The Kier molecular flexibility index (Phi) is 4.42. The van der Waals surface area contributed by atoms with Crippen molar-refractivity contribution < 1.29 is 0 Å². The maximum absolute atomic E-state index is 3.74. The molecule has 2 aliphatic heterocycles. The number of unbranched alkanes of at least 4 members (excludes halogenated alkanes) is 1. The summed E-state index contributed by atoms with van der Waals surface area (Å²) in [6.45, 7) is 8.55. The summed E-state index contributed by atoms with van der Waals surface area (Å²) < 4.78 is 0. The SMILES string of the molecule is CCCCN1CCC(NC2CNC2)CC1. The summed E-state index contributed by atoms with van der Waals surface area (Å²) in [5.41, 5.74) is 0. The van der Waals surface area contributed by atoms with Crippen molar-refractivity contribution in [1.29, 1.82) is 0 Å². The van der Waals surface area contributed by atoms with E-state index in [0.717, 1.165) is 12.1 Å². The van der Waals surface area contributed by atoms with Crippen LogP contribution in [0.1, 0.15) is 32.6 Å². The summed E-state index contributed by atoms with van der Waals surface area (Å²) in [6, 6.07) is 1.55. The van der Waals surface area contributed by atoms with Crippen molar-refractivity contribution in [3.63, 3.8) is 0 Å². The monoisotopic (exact) mass is 211 g/mol. The zero-order valence-electron chi connectivity index (χ0n) is 9.97. The number of piperidine rings is 1. The van der Waals surface area contributed by atoms with E-state index in [4.69, 9.17) is 0 Å². The van der Waals surface area contributed by atoms with Crippen LogP contribution in [0.25, 0.3) is 0 Å². The Hall–Kier alpha value is -0.120. The second-order valence-electron chi connectivity index (χ2n) is 4.99. The van der Waals surface area contributed by atoms with Crippen LogP contribution in [-0.2, 0) is 0 Å². The van der Waals surface area contributed by atoms with Gasteiger partial charge in [-0.15, -0.1) is 0 Å². The minimum atomic E-state index is 0.761. The Morgan fingerprint density at radius 3 is 2.47 bits per heavy atom. The van der Waals surface area contributed by atoms with Gasteiger partial charge in [-0.1, -0.05) is 13.3 Å². The lowest BCUT2D eigenvalue weighted by atomic mass is 10.0. The second kappa shape index (κ2) is 5.83. The first-order valence-corrected chi connectivity index (χ1v) is 6.57. The lowest BCUT2D eigenvalue weighted by Gasteiger charge is -2.37. The van der Waals surface area contributed by atoms with Crippen LogP contribution >= 0.6 is 0 Å². The number of likely N-dealkylation sites (tertiary alicyclic amines) is 1. The average molecular weight is 211 g/mol. The van der Waals surface area contributed by atoms with E-state index < -0.39 is 0 Å². The lowest BCUT2D eigenvalue weighted by Crippen LogP contribution is -2.59. The molecule has 0 amide bonds. The van der Waals surface area contributed by atoms with Crippen LogP contribution in [-0.4, -0.2) is 49.7 Å². The first-order valence-electron chi connectivity index (χ1n) is 6.57. The maximum atomic E-state index is 3.74. The van der Waals surface area contributed by atoms with E-state index in [0.29, 0.717) is 0 Å². The third kappa shape index (κ3) is 3.44. The van der Waals surface area contributed by atoms with Crippen molar-refractivity contribution in [2.24, 2.45) is 0 Å². The molecule has 0 radical (unpaired) electrons. The fourth-order valence-corrected chi connectivity index (χ4v) is 2.44. The summed E-state index contributed by atoms with van der Waals surface area (Å²) in [4.78, 5) is 2.63. The molecule has 0 unspecified atom stereocenters. The first-order chi connectivity index (χ1) is 7.38. The maximum Gasteiger partial charge on any atom is 0.0319 e. The van der Waals surface area contributed by atoms with Crippen molar-refractivity contribution in [2.45, 2.75) is 44.7 Å². The Balaban J connectivity index is 1.58. The summed E-state index contributed by atoms with van der Waals surface area (Å²) in [5.74, 6) is 0. The van der Waals surface area contributed by atoms with E-state index >= 15 is 0 Å². The van der Waals surface area contributed by atoms with Gasteiger partial charge in [0.15, 0.2) is 0 Å². The van der Waals surface area contributed by atoms with Gasteiger partial charge < -0.3 is 15.5 Å². The predicted molar refractivity (Wildman–Crippen MR) is 64.2 cm³/mol. The number of hydrogen-bond donors (Lipinski definition) is 2. The molecule has 0 aromatic carbocycles. The Labute approximate surface area is 93.6 Å². The van der Waals surface area contributed by atoms with Crippen LogP contribution in [0.4, 0.5) is 0 Å². The standard InChI is InChI=1S/C12H25N3/c1-2-3-6-15-7-4-11(5-8-15)14-12-9-13-10-12/h11-14H,2-10H2,1H3. The van der Waals surface area contributed by atoms with Gasteiger partial charge in [0.25, 0.3) is 0 Å². The van der Waals surface area contributed by atoms with Gasteiger partial charge in [0.1, 0.15) is 0 Å². The molecule has 2 saturated heterocycles. The van der Waals surface area contributed by atoms with Gasteiger partial charge in [-0.25, -0.2) is 0 Å². The third-order valence-electron chi connectivity index (χ3n) is 3.67. The van der Waals surface area contributed by atoms with Crippen molar-refractivity contribution in [3.8, 4) is 0 Å². The van der Waals surface area contributed by atoms with Gasteiger partial charge in [0.2, 0.25) is 0 Å². The molecule has 0 aliphatic carbocycles. The van der Waals surface area contributed by atoms with Gasteiger partial charge in [-0.2, -0.15) is 0 Å². The number of nitrogens with zero attached hydrogens (tertiary/aromatic N) is 1. The molecule has 2 heterocycles. The van der Waals surface area contributed by atoms with Crippen LogP contribution in [0.15, 0.2) is 0 Å². The predicted octanol–water partition coefficient (Wildman–Crippen LogP) is 0.812. The molecule has 2 fully saturated rings. The quantitative estimate of drug-likeness (QED) is 0.705. The summed E-state index contributed by atoms with van der Waals surface area (Å²) in [6.07, 6.45) is 5.39. The molecule has 0 atom stereocenters. The average Bonchev–Trinajstić information content (AvgIpc) is 2.22. The highest BCUT2D eigenvalue weighted by molar-refractivity contribution is 4.87. The van der Waals surface area contributed by atoms with Gasteiger partial charge >= 0.3 is 0 Å². The van der Waals surface area contributed by atoms with Crippen LogP contribution in [0.5, 0.6) is 0 Å². The van der Waals surface area contributed by atoms with Gasteiger partial charge in [0.05, 0.1) is 0 Å². The summed E-state index contributed by atoms with van der Waals surface area (Å²) in [5, 5.41) is 7.06. The van der Waals surface area contributed by atoms with Gasteiger partial charge in [-0.3, -0.25) is 0 Å². The Morgan fingerprint density at radius 2 is 1.93 bits per heavy atom. The normalized spacial score (nSPS) is 25.4. The molecule has 2 N–H and O–H groups in total. The summed E-state index contributed by atoms with van der Waals surface area (Å²) >= 11 is 0. The number of rotatable bonds is 5. The molecule has 88 valence electrons. The number of hydrogen-bond acceptors (Lipinski definition) is 3. The van der Waals surface area contributed by atoms with Crippen molar-refractivity contribution >= 4 is 0 Å². The zero-order chi connectivity index (χ0) is 10.5. The van der Waals surface area contributed by atoms with E-state index in [1.54, 1.807) is 0 Å². The fraction of sp³-hybridized carbons (Fsp3) is 1.00. The van der Waals surface area contributed by atoms with E-state index in [-0.39, 0.29) is 0 Å².